The van der Waals surface area contributed by atoms with E-state index < -0.39 is 0 Å². The molecule has 0 fully saturated rings. The average molecular weight is 294 g/mol. The van der Waals surface area contributed by atoms with Gasteiger partial charge in [0.2, 0.25) is 0 Å². The van der Waals surface area contributed by atoms with Gasteiger partial charge in [-0.1, -0.05) is 44.2 Å². The van der Waals surface area contributed by atoms with Gasteiger partial charge in [0.15, 0.2) is 6.10 Å². The number of fused-ring (bicyclic) bond motifs is 1. The Hall–Kier alpha value is -2.29. The minimum Gasteiger partial charge on any atom is -0.483 e. The van der Waals surface area contributed by atoms with E-state index in [1.165, 1.54) is 11.1 Å². The predicted octanol–water partition coefficient (Wildman–Crippen LogP) is 5.13. The smallest absolute Gasteiger partial charge is 0.153 e. The molecule has 1 N–H and O–H groups in total. The lowest BCUT2D eigenvalue weighted by molar-refractivity contribution is 0.215. The van der Waals surface area contributed by atoms with Crippen LogP contribution in [0.2, 0.25) is 0 Å². The van der Waals surface area contributed by atoms with Gasteiger partial charge in [0, 0.05) is 0 Å². The Morgan fingerprint density at radius 2 is 1.77 bits per heavy atom. The molecule has 2 aromatic carbocycles. The van der Waals surface area contributed by atoms with E-state index >= 15 is 0 Å². The zero-order valence-electron chi connectivity index (χ0n) is 13.6. The molecule has 0 aliphatic heterocycles. The highest BCUT2D eigenvalue weighted by Gasteiger charge is 2.15. The zero-order valence-corrected chi connectivity index (χ0v) is 13.6. The molecular weight excluding hydrogens is 272 g/mol. The second kappa shape index (κ2) is 5.84. The van der Waals surface area contributed by atoms with Gasteiger partial charge in [0.25, 0.3) is 0 Å². The Bertz CT molecular complexity index is 789. The fourth-order valence-electron chi connectivity index (χ4n) is 2.70. The van der Waals surface area contributed by atoms with Gasteiger partial charge in [-0.05, 0) is 43.0 Å². The number of aromatic nitrogens is 2. The summed E-state index contributed by atoms with van der Waals surface area (Å²) in [6, 6.07) is 14.4. The zero-order chi connectivity index (χ0) is 15.7. The second-order valence-corrected chi connectivity index (χ2v) is 6.05. The highest BCUT2D eigenvalue weighted by Crippen LogP contribution is 2.30. The van der Waals surface area contributed by atoms with E-state index in [2.05, 4.69) is 44.0 Å². The van der Waals surface area contributed by atoms with Gasteiger partial charge in [-0.3, -0.25) is 0 Å². The molecule has 0 aliphatic carbocycles. The fraction of sp³-hybridized carbons (Fsp3) is 0.316. The second-order valence-electron chi connectivity index (χ2n) is 6.05. The summed E-state index contributed by atoms with van der Waals surface area (Å²) < 4.78 is 6.17. The summed E-state index contributed by atoms with van der Waals surface area (Å²) in [6.07, 6.45) is -0.119. The summed E-state index contributed by atoms with van der Waals surface area (Å²) in [5, 5.41) is 0. The Balaban J connectivity index is 1.90. The molecule has 114 valence electrons. The molecule has 0 saturated heterocycles. The van der Waals surface area contributed by atoms with Crippen molar-refractivity contribution in [3.8, 4) is 5.75 Å². The van der Waals surface area contributed by atoms with Crippen LogP contribution in [-0.2, 0) is 0 Å². The molecule has 0 bridgehead atoms. The van der Waals surface area contributed by atoms with Crippen LogP contribution < -0.4 is 4.74 Å². The van der Waals surface area contributed by atoms with Crippen LogP contribution in [0.3, 0.4) is 0 Å². The van der Waals surface area contributed by atoms with Crippen molar-refractivity contribution in [3.05, 3.63) is 59.4 Å². The summed E-state index contributed by atoms with van der Waals surface area (Å²) in [5.74, 6) is 2.23. The lowest BCUT2D eigenvalue weighted by atomic mass is 10.0. The Morgan fingerprint density at radius 1 is 1.00 bits per heavy atom. The van der Waals surface area contributed by atoms with Crippen LogP contribution in [-0.4, -0.2) is 9.97 Å². The molecule has 3 rings (SSSR count). The normalized spacial score (nSPS) is 12.8. The van der Waals surface area contributed by atoms with Gasteiger partial charge in [-0.25, -0.2) is 4.98 Å². The Kier molecular flexibility index (Phi) is 3.88. The summed E-state index contributed by atoms with van der Waals surface area (Å²) in [4.78, 5) is 8.07. The minimum absolute atomic E-state index is 0.119. The summed E-state index contributed by atoms with van der Waals surface area (Å²) in [6.45, 7) is 8.46. The topological polar surface area (TPSA) is 37.9 Å². The first kappa shape index (κ1) is 14.6. The third-order valence-corrected chi connectivity index (χ3v) is 3.96. The molecule has 0 aliphatic rings. The summed E-state index contributed by atoms with van der Waals surface area (Å²) in [5.41, 5.74) is 4.48. The standard InChI is InChI=1S/C19H22N2O/c1-12(2)15-9-5-6-11-17(15)22-14(4)19-20-16-10-7-8-13(3)18(16)21-19/h5-12,14H,1-4H3,(H,20,21). The number of nitrogens with one attached hydrogen (secondary N) is 1. The van der Waals surface area contributed by atoms with Crippen molar-refractivity contribution in [1.29, 1.82) is 0 Å². The number of aromatic amines is 1. The molecule has 1 atom stereocenters. The van der Waals surface area contributed by atoms with Crippen LogP contribution in [0.4, 0.5) is 0 Å². The molecule has 3 aromatic rings. The molecular formula is C19H22N2O. The molecule has 1 unspecified atom stereocenters. The molecule has 22 heavy (non-hydrogen) atoms. The molecule has 0 radical (unpaired) electrons. The van der Waals surface area contributed by atoms with Crippen LogP contribution in [0.25, 0.3) is 11.0 Å². The van der Waals surface area contributed by atoms with Crippen molar-refractivity contribution in [1.82, 2.24) is 9.97 Å². The summed E-state index contributed by atoms with van der Waals surface area (Å²) >= 11 is 0. The van der Waals surface area contributed by atoms with E-state index in [9.17, 15) is 0 Å². The number of imidazole rings is 1. The SMILES string of the molecule is Cc1cccc2[nH]c(C(C)Oc3ccccc3C(C)C)nc12. The van der Waals surface area contributed by atoms with Crippen molar-refractivity contribution < 1.29 is 4.74 Å². The third-order valence-electron chi connectivity index (χ3n) is 3.96. The largest absolute Gasteiger partial charge is 0.483 e. The van der Waals surface area contributed by atoms with Crippen molar-refractivity contribution in [2.75, 3.05) is 0 Å². The predicted molar refractivity (Wildman–Crippen MR) is 90.4 cm³/mol. The summed E-state index contributed by atoms with van der Waals surface area (Å²) in [7, 11) is 0. The highest BCUT2D eigenvalue weighted by atomic mass is 16.5. The molecule has 1 aromatic heterocycles. The number of hydrogen-bond acceptors (Lipinski definition) is 2. The van der Waals surface area contributed by atoms with E-state index in [1.807, 2.05) is 31.2 Å². The van der Waals surface area contributed by atoms with Crippen molar-refractivity contribution in [3.63, 3.8) is 0 Å². The number of hydrogen-bond donors (Lipinski definition) is 1. The van der Waals surface area contributed by atoms with E-state index in [-0.39, 0.29) is 6.10 Å². The Morgan fingerprint density at radius 3 is 2.50 bits per heavy atom. The molecule has 0 amide bonds. The lowest BCUT2D eigenvalue weighted by Gasteiger charge is -2.17. The maximum atomic E-state index is 6.17. The number of benzene rings is 2. The fourth-order valence-corrected chi connectivity index (χ4v) is 2.70. The molecule has 1 heterocycles. The first-order chi connectivity index (χ1) is 10.6. The monoisotopic (exact) mass is 294 g/mol. The van der Waals surface area contributed by atoms with E-state index in [1.54, 1.807) is 0 Å². The van der Waals surface area contributed by atoms with Crippen LogP contribution in [0.1, 0.15) is 49.7 Å². The van der Waals surface area contributed by atoms with Crippen LogP contribution in [0, 0.1) is 6.92 Å². The van der Waals surface area contributed by atoms with Crippen molar-refractivity contribution >= 4 is 11.0 Å². The van der Waals surface area contributed by atoms with Crippen molar-refractivity contribution in [2.45, 2.75) is 39.7 Å². The number of rotatable bonds is 4. The lowest BCUT2D eigenvalue weighted by Crippen LogP contribution is -2.07. The van der Waals surface area contributed by atoms with Gasteiger partial charge in [0.1, 0.15) is 11.6 Å². The van der Waals surface area contributed by atoms with Gasteiger partial charge in [0.05, 0.1) is 11.0 Å². The van der Waals surface area contributed by atoms with Crippen LogP contribution in [0.15, 0.2) is 42.5 Å². The van der Waals surface area contributed by atoms with Gasteiger partial charge < -0.3 is 9.72 Å². The molecule has 3 nitrogen and oxygen atoms in total. The number of nitrogens with zero attached hydrogens (tertiary/aromatic N) is 1. The minimum atomic E-state index is -0.119. The van der Waals surface area contributed by atoms with E-state index in [0.29, 0.717) is 5.92 Å². The first-order valence-corrected chi connectivity index (χ1v) is 7.77. The molecule has 3 heteroatoms. The van der Waals surface area contributed by atoms with Gasteiger partial charge in [-0.2, -0.15) is 0 Å². The number of H-pyrrole nitrogens is 1. The maximum Gasteiger partial charge on any atom is 0.153 e. The van der Waals surface area contributed by atoms with E-state index in [4.69, 9.17) is 9.72 Å². The Labute approximate surface area is 131 Å². The number of aryl methyl sites for hydroxylation is 1. The number of para-hydroxylation sites is 2. The van der Waals surface area contributed by atoms with Crippen LogP contribution >= 0.6 is 0 Å². The third kappa shape index (κ3) is 2.71. The maximum absolute atomic E-state index is 6.17. The molecule has 0 spiro atoms. The van der Waals surface area contributed by atoms with Gasteiger partial charge in [-0.15, -0.1) is 0 Å². The highest BCUT2D eigenvalue weighted by molar-refractivity contribution is 5.78. The van der Waals surface area contributed by atoms with E-state index in [0.717, 1.165) is 22.6 Å². The van der Waals surface area contributed by atoms with Crippen molar-refractivity contribution in [2.24, 2.45) is 0 Å². The first-order valence-electron chi connectivity index (χ1n) is 7.77. The van der Waals surface area contributed by atoms with Gasteiger partial charge >= 0.3 is 0 Å². The molecule has 0 saturated carbocycles. The quantitative estimate of drug-likeness (QED) is 0.724. The average Bonchev–Trinajstić information content (AvgIpc) is 2.93. The number of ether oxygens (including phenoxy) is 1. The van der Waals surface area contributed by atoms with Crippen LogP contribution in [0.5, 0.6) is 5.75 Å².